The fourth-order valence-corrected chi connectivity index (χ4v) is 5.45. The smallest absolute Gasteiger partial charge is 0.264 e. The number of nitrogens with one attached hydrogen (secondary N) is 1. The van der Waals surface area contributed by atoms with Crippen LogP contribution in [-0.2, 0) is 26.2 Å². The van der Waals surface area contributed by atoms with Crippen LogP contribution in [0, 0.1) is 12.8 Å². The minimum absolute atomic E-state index is 0.0730. The van der Waals surface area contributed by atoms with Gasteiger partial charge in [0.05, 0.1) is 10.6 Å². The van der Waals surface area contributed by atoms with Crippen molar-refractivity contribution in [2.24, 2.45) is 5.92 Å². The van der Waals surface area contributed by atoms with Crippen LogP contribution in [0.15, 0.2) is 83.8 Å². The summed E-state index contributed by atoms with van der Waals surface area (Å²) in [4.78, 5) is 28.3. The van der Waals surface area contributed by atoms with E-state index in [0.717, 1.165) is 15.4 Å². The molecule has 0 aromatic heterocycles. The Bertz CT molecular complexity index is 1350. The molecular weight excluding hydrogens is 522 g/mol. The molecule has 1 atom stereocenters. The van der Waals surface area contributed by atoms with Gasteiger partial charge in [-0.05, 0) is 61.7 Å². The SMILES string of the molecule is Cc1ccc(S(=O)(=O)N(CC(=O)N(Cc2cccc(Cl)c2)[C@@H](C)C(=O)NCC(C)C)c2ccccc2)cc1. The van der Waals surface area contributed by atoms with Gasteiger partial charge in [-0.15, -0.1) is 0 Å². The second kappa shape index (κ2) is 12.9. The van der Waals surface area contributed by atoms with Gasteiger partial charge in [0.2, 0.25) is 11.8 Å². The van der Waals surface area contributed by atoms with Crippen LogP contribution in [0.1, 0.15) is 31.9 Å². The van der Waals surface area contributed by atoms with Crippen molar-refractivity contribution in [1.29, 1.82) is 0 Å². The predicted molar refractivity (Wildman–Crippen MR) is 151 cm³/mol. The van der Waals surface area contributed by atoms with Gasteiger partial charge < -0.3 is 10.2 Å². The number of hydrogen-bond acceptors (Lipinski definition) is 4. The lowest BCUT2D eigenvalue weighted by atomic mass is 10.1. The average molecular weight is 556 g/mol. The molecule has 0 heterocycles. The minimum atomic E-state index is -4.08. The standard InChI is InChI=1S/C29H34ClN3O4S/c1-21(2)18-31-29(35)23(4)32(19-24-9-8-10-25(30)17-24)28(34)20-33(26-11-6-5-7-12-26)38(36,37)27-15-13-22(3)14-16-27/h5-17,21,23H,18-20H2,1-4H3,(H,31,35)/t23-/m0/s1. The third-order valence-corrected chi connectivity index (χ3v) is 8.05. The van der Waals surface area contributed by atoms with Crippen molar-refractivity contribution in [2.45, 2.75) is 45.2 Å². The molecule has 3 rings (SSSR count). The molecule has 0 radical (unpaired) electrons. The average Bonchev–Trinajstić information content (AvgIpc) is 2.89. The Labute approximate surface area is 230 Å². The van der Waals surface area contributed by atoms with E-state index in [2.05, 4.69) is 5.32 Å². The van der Waals surface area contributed by atoms with Gasteiger partial charge in [0, 0.05) is 18.1 Å². The van der Waals surface area contributed by atoms with E-state index in [1.165, 1.54) is 17.0 Å². The lowest BCUT2D eigenvalue weighted by Crippen LogP contribution is -2.51. The van der Waals surface area contributed by atoms with Crippen LogP contribution in [-0.4, -0.2) is 44.3 Å². The van der Waals surface area contributed by atoms with Crippen LogP contribution in [0.5, 0.6) is 0 Å². The number of amides is 2. The zero-order valence-electron chi connectivity index (χ0n) is 22.1. The summed E-state index contributed by atoms with van der Waals surface area (Å²) in [5.41, 5.74) is 1.99. The first-order valence-electron chi connectivity index (χ1n) is 12.4. The first-order valence-corrected chi connectivity index (χ1v) is 14.3. The van der Waals surface area contributed by atoms with E-state index in [9.17, 15) is 18.0 Å². The molecule has 0 aliphatic heterocycles. The number of anilines is 1. The van der Waals surface area contributed by atoms with Crippen molar-refractivity contribution >= 4 is 39.1 Å². The van der Waals surface area contributed by atoms with E-state index in [1.807, 2.05) is 26.8 Å². The second-order valence-electron chi connectivity index (χ2n) is 9.63. The number of carbonyl (C=O) groups is 2. The molecule has 3 aromatic carbocycles. The maximum Gasteiger partial charge on any atom is 0.264 e. The van der Waals surface area contributed by atoms with Crippen LogP contribution in [0.2, 0.25) is 5.02 Å². The Morgan fingerprint density at radius 1 is 0.921 bits per heavy atom. The highest BCUT2D eigenvalue weighted by molar-refractivity contribution is 7.92. The molecule has 1 N–H and O–H groups in total. The van der Waals surface area contributed by atoms with Gasteiger partial charge in [0.25, 0.3) is 10.0 Å². The number of hydrogen-bond donors (Lipinski definition) is 1. The first kappa shape index (κ1) is 29.2. The molecule has 38 heavy (non-hydrogen) atoms. The Balaban J connectivity index is 1.98. The molecule has 0 bridgehead atoms. The molecule has 0 aliphatic carbocycles. The van der Waals surface area contributed by atoms with Crippen molar-refractivity contribution in [3.63, 3.8) is 0 Å². The maximum atomic E-state index is 13.8. The van der Waals surface area contributed by atoms with Crippen LogP contribution < -0.4 is 9.62 Å². The summed E-state index contributed by atoms with van der Waals surface area (Å²) in [6, 6.07) is 21.1. The Morgan fingerprint density at radius 3 is 2.18 bits per heavy atom. The predicted octanol–water partition coefficient (Wildman–Crippen LogP) is 5.03. The highest BCUT2D eigenvalue weighted by Gasteiger charge is 2.32. The third kappa shape index (κ3) is 7.58. The summed E-state index contributed by atoms with van der Waals surface area (Å²) in [6.45, 7) is 7.53. The molecule has 0 aliphatic rings. The number of benzene rings is 3. The Morgan fingerprint density at radius 2 is 1.58 bits per heavy atom. The fourth-order valence-electron chi connectivity index (χ4n) is 3.83. The Hall–Kier alpha value is -3.36. The third-order valence-electron chi connectivity index (χ3n) is 6.03. The summed E-state index contributed by atoms with van der Waals surface area (Å²) in [5, 5.41) is 3.37. The number of aryl methyl sites for hydroxylation is 1. The zero-order chi connectivity index (χ0) is 27.9. The quantitative estimate of drug-likeness (QED) is 0.359. The van der Waals surface area contributed by atoms with Crippen LogP contribution >= 0.6 is 11.6 Å². The number of nitrogens with zero attached hydrogens (tertiary/aromatic N) is 2. The number of sulfonamides is 1. The molecule has 202 valence electrons. The highest BCUT2D eigenvalue weighted by Crippen LogP contribution is 2.25. The maximum absolute atomic E-state index is 13.8. The van der Waals surface area contributed by atoms with E-state index < -0.39 is 28.5 Å². The molecule has 2 amide bonds. The van der Waals surface area contributed by atoms with Crippen molar-refractivity contribution < 1.29 is 18.0 Å². The van der Waals surface area contributed by atoms with Crippen molar-refractivity contribution in [1.82, 2.24) is 10.2 Å². The van der Waals surface area contributed by atoms with E-state index in [-0.39, 0.29) is 23.3 Å². The van der Waals surface area contributed by atoms with Gasteiger partial charge in [0.15, 0.2) is 0 Å². The van der Waals surface area contributed by atoms with Crippen molar-refractivity contribution in [2.75, 3.05) is 17.4 Å². The Kier molecular flexibility index (Phi) is 9.94. The summed E-state index contributed by atoms with van der Waals surface area (Å²) in [6.07, 6.45) is 0. The number of para-hydroxylation sites is 1. The monoisotopic (exact) mass is 555 g/mol. The minimum Gasteiger partial charge on any atom is -0.354 e. The van der Waals surface area contributed by atoms with E-state index in [4.69, 9.17) is 11.6 Å². The van der Waals surface area contributed by atoms with Crippen LogP contribution in [0.25, 0.3) is 0 Å². The first-order chi connectivity index (χ1) is 18.0. The van der Waals surface area contributed by atoms with Crippen molar-refractivity contribution in [3.05, 3.63) is 95.0 Å². The van der Waals surface area contributed by atoms with Gasteiger partial charge in [-0.25, -0.2) is 8.42 Å². The normalized spacial score (nSPS) is 12.2. The number of rotatable bonds is 11. The van der Waals surface area contributed by atoms with E-state index in [0.29, 0.717) is 17.3 Å². The molecule has 0 spiro atoms. The summed E-state index contributed by atoms with van der Waals surface area (Å²) in [7, 11) is -4.08. The van der Waals surface area contributed by atoms with Gasteiger partial charge in [0.1, 0.15) is 12.6 Å². The van der Waals surface area contributed by atoms with Gasteiger partial charge >= 0.3 is 0 Å². The fraction of sp³-hybridized carbons (Fsp3) is 0.310. The number of carbonyl (C=O) groups excluding carboxylic acids is 2. The summed E-state index contributed by atoms with van der Waals surface area (Å²) >= 11 is 6.17. The van der Waals surface area contributed by atoms with E-state index in [1.54, 1.807) is 67.6 Å². The molecule has 0 unspecified atom stereocenters. The number of halogens is 1. The topological polar surface area (TPSA) is 86.8 Å². The zero-order valence-corrected chi connectivity index (χ0v) is 23.7. The van der Waals surface area contributed by atoms with Crippen LogP contribution in [0.4, 0.5) is 5.69 Å². The highest BCUT2D eigenvalue weighted by atomic mass is 35.5. The van der Waals surface area contributed by atoms with E-state index >= 15 is 0 Å². The lowest BCUT2D eigenvalue weighted by Gasteiger charge is -2.32. The molecule has 7 nitrogen and oxygen atoms in total. The largest absolute Gasteiger partial charge is 0.354 e. The van der Waals surface area contributed by atoms with Gasteiger partial charge in [-0.1, -0.05) is 73.5 Å². The summed E-state index contributed by atoms with van der Waals surface area (Å²) in [5.74, 6) is -0.602. The van der Waals surface area contributed by atoms with Crippen LogP contribution in [0.3, 0.4) is 0 Å². The molecule has 3 aromatic rings. The lowest BCUT2D eigenvalue weighted by molar-refractivity contribution is -0.139. The summed E-state index contributed by atoms with van der Waals surface area (Å²) < 4.78 is 28.6. The molecular formula is C29H34ClN3O4S. The second-order valence-corrected chi connectivity index (χ2v) is 11.9. The molecule has 0 saturated carbocycles. The van der Waals surface area contributed by atoms with Gasteiger partial charge in [-0.2, -0.15) is 0 Å². The van der Waals surface area contributed by atoms with Crippen molar-refractivity contribution in [3.8, 4) is 0 Å². The molecule has 9 heteroatoms. The van der Waals surface area contributed by atoms with Gasteiger partial charge in [-0.3, -0.25) is 13.9 Å². The molecule has 0 saturated heterocycles. The molecule has 0 fully saturated rings.